The Morgan fingerprint density at radius 3 is 2.59 bits per heavy atom. The number of carbonyl (C=O) groups is 1. The number of rotatable bonds is 8. The second kappa shape index (κ2) is 11.1. The number of benzene rings is 2. The first-order chi connectivity index (χ1) is 19.9. The van der Waals surface area contributed by atoms with Crippen LogP contribution in [-0.2, 0) is 40.2 Å². The van der Waals surface area contributed by atoms with Gasteiger partial charge in [0.15, 0.2) is 11.5 Å². The summed E-state index contributed by atoms with van der Waals surface area (Å²) in [5, 5.41) is 10.6. The van der Waals surface area contributed by atoms with Crippen LogP contribution in [0, 0.1) is 0 Å². The fourth-order valence-electron chi connectivity index (χ4n) is 5.28. The molecule has 2 unspecified atom stereocenters. The Morgan fingerprint density at radius 2 is 1.85 bits per heavy atom. The van der Waals surface area contributed by atoms with Gasteiger partial charge in [0.1, 0.15) is 36.8 Å². The molecule has 6 rings (SSSR count). The van der Waals surface area contributed by atoms with Gasteiger partial charge in [-0.2, -0.15) is 0 Å². The smallest absolute Gasteiger partial charge is 0.354 e. The molecule has 2 aromatic carbocycles. The largest absolute Gasteiger partial charge is 0.477 e. The fourth-order valence-corrected chi connectivity index (χ4v) is 7.12. The van der Waals surface area contributed by atoms with Crippen molar-refractivity contribution >= 4 is 21.6 Å². The molecule has 0 amide bonds. The van der Waals surface area contributed by atoms with Gasteiger partial charge in [0.25, 0.3) is 10.0 Å². The van der Waals surface area contributed by atoms with E-state index < -0.39 is 34.0 Å². The van der Waals surface area contributed by atoms with Crippen LogP contribution in [0.4, 0.5) is 0 Å². The monoisotopic (exact) mass is 573 g/mol. The number of nitrogens with zero attached hydrogens (tertiary/aromatic N) is 1. The van der Waals surface area contributed by atoms with E-state index in [2.05, 4.69) is 0 Å². The molecule has 41 heavy (non-hydrogen) atoms. The SMILES string of the molecule is O=C(O)C1=C(C2=COC(Cc3ccccc3)O2)c2ccccc2S(=O)(=O)N1C(CC1=CC=CCC1)C1=COC=CO1. The predicted molar refractivity (Wildman–Crippen MR) is 148 cm³/mol. The van der Waals surface area contributed by atoms with Gasteiger partial charge < -0.3 is 24.1 Å². The summed E-state index contributed by atoms with van der Waals surface area (Å²) < 4.78 is 52.4. The number of ether oxygens (including phenoxy) is 4. The van der Waals surface area contributed by atoms with Crippen LogP contribution in [0.15, 0.2) is 126 Å². The van der Waals surface area contributed by atoms with Crippen molar-refractivity contribution in [2.24, 2.45) is 0 Å². The first kappa shape index (κ1) is 26.5. The van der Waals surface area contributed by atoms with Crippen molar-refractivity contribution in [2.75, 3.05) is 0 Å². The van der Waals surface area contributed by atoms with Crippen LogP contribution in [0.3, 0.4) is 0 Å². The highest BCUT2D eigenvalue weighted by Gasteiger charge is 2.47. The molecule has 3 heterocycles. The summed E-state index contributed by atoms with van der Waals surface area (Å²) in [5.41, 5.74) is 1.77. The number of carboxylic acids is 1. The lowest BCUT2D eigenvalue weighted by Gasteiger charge is -2.38. The molecule has 2 atom stereocenters. The maximum Gasteiger partial charge on any atom is 0.354 e. The zero-order valence-electron chi connectivity index (χ0n) is 21.9. The Hall–Kier alpha value is -4.70. The van der Waals surface area contributed by atoms with E-state index >= 15 is 0 Å². The highest BCUT2D eigenvalue weighted by atomic mass is 32.2. The van der Waals surface area contributed by atoms with E-state index in [1.807, 2.05) is 48.6 Å². The minimum absolute atomic E-state index is 0.0496. The van der Waals surface area contributed by atoms with Crippen molar-refractivity contribution in [3.05, 3.63) is 132 Å². The van der Waals surface area contributed by atoms with Crippen LogP contribution in [0.25, 0.3) is 5.57 Å². The number of sulfonamides is 1. The molecular weight excluding hydrogens is 546 g/mol. The Labute approximate surface area is 237 Å². The second-order valence-electron chi connectivity index (χ2n) is 9.74. The molecule has 1 N–H and O–H groups in total. The normalized spacial score (nSPS) is 21.3. The van der Waals surface area contributed by atoms with Crippen LogP contribution in [0.1, 0.15) is 30.4 Å². The third-order valence-electron chi connectivity index (χ3n) is 7.12. The second-order valence-corrected chi connectivity index (χ2v) is 11.5. The van der Waals surface area contributed by atoms with E-state index in [-0.39, 0.29) is 34.0 Å². The summed E-state index contributed by atoms with van der Waals surface area (Å²) in [6.45, 7) is 0. The molecule has 0 radical (unpaired) electrons. The van der Waals surface area contributed by atoms with Crippen molar-refractivity contribution in [3.63, 3.8) is 0 Å². The quantitative estimate of drug-likeness (QED) is 0.451. The molecule has 0 saturated carbocycles. The molecule has 0 bridgehead atoms. The molecular formula is C31H27NO8S. The fraction of sp³-hybridized carbons (Fsp3) is 0.194. The van der Waals surface area contributed by atoms with Crippen molar-refractivity contribution in [1.29, 1.82) is 0 Å². The minimum Gasteiger partial charge on any atom is -0.477 e. The van der Waals surface area contributed by atoms with Crippen LogP contribution in [-0.4, -0.2) is 36.1 Å². The highest BCUT2D eigenvalue weighted by molar-refractivity contribution is 7.89. The van der Waals surface area contributed by atoms with E-state index in [0.29, 0.717) is 12.8 Å². The van der Waals surface area contributed by atoms with E-state index in [1.54, 1.807) is 18.2 Å². The summed E-state index contributed by atoms with van der Waals surface area (Å²) in [4.78, 5) is 13.0. The van der Waals surface area contributed by atoms with E-state index in [1.165, 1.54) is 31.1 Å². The van der Waals surface area contributed by atoms with Gasteiger partial charge in [-0.15, -0.1) is 0 Å². The molecule has 10 heteroatoms. The average Bonchev–Trinajstić information content (AvgIpc) is 3.45. The standard InChI is InChI=1S/C31H27NO8S/c33-31(34)30-29(26-20-39-28(40-26)18-22-11-5-2-6-12-22)23-13-7-8-14-27(23)41(35,36)32(30)24(25-19-37-15-16-38-25)17-21-9-3-1-4-10-21/h1-3,5-9,11-16,19-20,24,28H,4,10,17-18H2,(H,33,34). The summed E-state index contributed by atoms with van der Waals surface area (Å²) >= 11 is 0. The lowest BCUT2D eigenvalue weighted by Crippen LogP contribution is -2.46. The van der Waals surface area contributed by atoms with Crippen molar-refractivity contribution in [1.82, 2.24) is 4.31 Å². The van der Waals surface area contributed by atoms with E-state index in [0.717, 1.165) is 21.9 Å². The van der Waals surface area contributed by atoms with Gasteiger partial charge in [-0.25, -0.2) is 17.5 Å². The van der Waals surface area contributed by atoms with Gasteiger partial charge in [0.05, 0.1) is 10.5 Å². The van der Waals surface area contributed by atoms with Gasteiger partial charge in [-0.1, -0.05) is 72.3 Å². The lowest BCUT2D eigenvalue weighted by atomic mass is 9.95. The molecule has 4 aliphatic rings. The Bertz CT molecular complexity index is 1650. The number of carboxylic acid groups (broad SMARTS) is 1. The number of hydrogen-bond donors (Lipinski definition) is 1. The third kappa shape index (κ3) is 5.14. The van der Waals surface area contributed by atoms with Gasteiger partial charge >= 0.3 is 5.97 Å². The maximum absolute atomic E-state index is 14.3. The van der Waals surface area contributed by atoms with Gasteiger partial charge in [-0.3, -0.25) is 0 Å². The lowest BCUT2D eigenvalue weighted by molar-refractivity contribution is -0.134. The summed E-state index contributed by atoms with van der Waals surface area (Å²) in [7, 11) is -4.38. The van der Waals surface area contributed by atoms with E-state index in [9.17, 15) is 18.3 Å². The first-order valence-corrected chi connectivity index (χ1v) is 14.6. The minimum atomic E-state index is -4.38. The van der Waals surface area contributed by atoms with E-state index in [4.69, 9.17) is 18.9 Å². The highest BCUT2D eigenvalue weighted by Crippen LogP contribution is 2.45. The molecule has 0 aromatic heterocycles. The molecule has 9 nitrogen and oxygen atoms in total. The average molecular weight is 574 g/mol. The Morgan fingerprint density at radius 1 is 1.05 bits per heavy atom. The topological polar surface area (TPSA) is 112 Å². The summed E-state index contributed by atoms with van der Waals surface area (Å²) in [6, 6.07) is 14.8. The maximum atomic E-state index is 14.3. The first-order valence-electron chi connectivity index (χ1n) is 13.1. The molecule has 1 aliphatic carbocycles. The predicted octanol–water partition coefficient (Wildman–Crippen LogP) is 5.34. The van der Waals surface area contributed by atoms with Crippen molar-refractivity contribution in [3.8, 4) is 0 Å². The van der Waals surface area contributed by atoms with Gasteiger partial charge in [0, 0.05) is 12.0 Å². The third-order valence-corrected chi connectivity index (χ3v) is 8.99. The van der Waals surface area contributed by atoms with Crippen LogP contribution >= 0.6 is 0 Å². The molecule has 210 valence electrons. The molecule has 3 aliphatic heterocycles. The number of aliphatic carboxylic acids is 1. The van der Waals surface area contributed by atoms with Crippen LogP contribution in [0.2, 0.25) is 0 Å². The molecule has 0 saturated heterocycles. The van der Waals surface area contributed by atoms with Gasteiger partial charge in [0.2, 0.25) is 6.29 Å². The summed E-state index contributed by atoms with van der Waals surface area (Å²) in [5.74, 6) is -1.16. The van der Waals surface area contributed by atoms with Crippen molar-refractivity contribution in [2.45, 2.75) is 42.9 Å². The molecule has 0 fully saturated rings. The Balaban J connectivity index is 1.48. The molecule has 2 aromatic rings. The zero-order valence-corrected chi connectivity index (χ0v) is 22.7. The number of fused-ring (bicyclic) bond motifs is 1. The van der Waals surface area contributed by atoms with Crippen LogP contribution < -0.4 is 0 Å². The summed E-state index contributed by atoms with van der Waals surface area (Å²) in [6.07, 6.45) is 12.5. The number of hydrogen-bond acceptors (Lipinski definition) is 7. The van der Waals surface area contributed by atoms with Crippen molar-refractivity contribution < 1.29 is 37.3 Å². The van der Waals surface area contributed by atoms with Gasteiger partial charge in [-0.05, 0) is 30.9 Å². The Kier molecular flexibility index (Phi) is 7.15. The van der Waals surface area contributed by atoms with Crippen LogP contribution in [0.5, 0.6) is 0 Å². The number of allylic oxidation sites excluding steroid dienone is 4. The zero-order chi connectivity index (χ0) is 28.4. The molecule has 0 spiro atoms.